The Morgan fingerprint density at radius 3 is 2.17 bits per heavy atom. The molecule has 0 saturated heterocycles. The summed E-state index contributed by atoms with van der Waals surface area (Å²) >= 11 is 4.25. The number of halogens is 3. The van der Waals surface area contributed by atoms with Gasteiger partial charge in [-0.25, -0.2) is 8.78 Å². The van der Waals surface area contributed by atoms with Crippen LogP contribution in [0.15, 0.2) is 42.5 Å². The Morgan fingerprint density at radius 1 is 1.06 bits per heavy atom. The van der Waals surface area contributed by atoms with E-state index in [0.29, 0.717) is 11.3 Å². The first kappa shape index (κ1) is 15.3. The van der Waals surface area contributed by atoms with E-state index in [-0.39, 0.29) is 6.61 Å². The molecule has 0 aliphatic rings. The van der Waals surface area contributed by atoms with Crippen molar-refractivity contribution < 1.29 is 29.9 Å². The first-order chi connectivity index (χ1) is 8.74. The second kappa shape index (κ2) is 8.33. The Hall–Kier alpha value is -0.797. The maximum absolute atomic E-state index is 12.9. The predicted molar refractivity (Wildman–Crippen MR) is 64.9 cm³/mol. The van der Waals surface area contributed by atoms with E-state index in [4.69, 9.17) is 4.74 Å². The standard InChI is InChI=1S/C13H9F2O.BrH.Zn/c14-11-6-10(7-12(15)8-11)9-16-13-4-2-1-3-5-13;;/h2-8H,9H2;1H;/q-1;;+2/p-1. The van der Waals surface area contributed by atoms with Gasteiger partial charge in [0.15, 0.2) is 0 Å². The molecule has 0 aliphatic carbocycles. The van der Waals surface area contributed by atoms with E-state index in [1.165, 1.54) is 28.5 Å². The number of hydrogen-bond donors (Lipinski definition) is 0. The SMILES string of the molecule is Fc1cc(F)cc(COc2cc[c-]cc2)c1.[Zn+][Br]. The van der Waals surface area contributed by atoms with E-state index in [1.807, 2.05) is 0 Å². The normalized spacial score (nSPS) is 9.39. The van der Waals surface area contributed by atoms with Crippen LogP contribution in [0.25, 0.3) is 0 Å². The summed E-state index contributed by atoms with van der Waals surface area (Å²) in [4.78, 5) is 0. The van der Waals surface area contributed by atoms with Gasteiger partial charge in [0.1, 0.15) is 18.2 Å². The minimum atomic E-state index is -0.597. The van der Waals surface area contributed by atoms with Crippen LogP contribution >= 0.6 is 13.6 Å². The summed E-state index contributed by atoms with van der Waals surface area (Å²) in [5.41, 5.74) is 0.463. The van der Waals surface area contributed by atoms with Gasteiger partial charge >= 0.3 is 30.0 Å². The summed E-state index contributed by atoms with van der Waals surface area (Å²) in [6, 6.07) is 13.1. The molecular formula is C13H9BrF2OZn. The van der Waals surface area contributed by atoms with Crippen molar-refractivity contribution in [1.82, 2.24) is 0 Å². The fourth-order valence-electron chi connectivity index (χ4n) is 1.33. The third-order valence-electron chi connectivity index (χ3n) is 2.02. The van der Waals surface area contributed by atoms with Gasteiger partial charge in [0.05, 0.1) is 0 Å². The number of benzene rings is 2. The van der Waals surface area contributed by atoms with Gasteiger partial charge in [-0.2, -0.15) is 18.2 Å². The summed E-state index contributed by atoms with van der Waals surface area (Å²) in [5, 5.41) is 0. The van der Waals surface area contributed by atoms with Crippen molar-refractivity contribution in [1.29, 1.82) is 0 Å². The maximum atomic E-state index is 12.9. The Bertz CT molecular complexity index is 459. The van der Waals surface area contributed by atoms with Crippen molar-refractivity contribution >= 4 is 13.6 Å². The van der Waals surface area contributed by atoms with Crippen LogP contribution in [0.1, 0.15) is 5.56 Å². The number of ether oxygens (including phenoxy) is 1. The van der Waals surface area contributed by atoms with Gasteiger partial charge in [-0.05, 0) is 17.7 Å². The van der Waals surface area contributed by atoms with Crippen LogP contribution < -0.4 is 4.74 Å². The van der Waals surface area contributed by atoms with Gasteiger partial charge < -0.3 is 4.74 Å². The summed E-state index contributed by atoms with van der Waals surface area (Å²) in [6.07, 6.45) is 0. The molecule has 2 aromatic carbocycles. The zero-order valence-corrected chi connectivity index (χ0v) is 14.1. The van der Waals surface area contributed by atoms with E-state index in [9.17, 15) is 8.78 Å². The zero-order chi connectivity index (χ0) is 13.4. The van der Waals surface area contributed by atoms with Gasteiger partial charge in [-0.1, -0.05) is 0 Å². The molecule has 0 heterocycles. The molecule has 0 fully saturated rings. The Balaban J connectivity index is 0.000000771. The van der Waals surface area contributed by atoms with Crippen LogP contribution in [0.2, 0.25) is 0 Å². The molecular weight excluding hydrogens is 355 g/mol. The molecule has 90 valence electrons. The Morgan fingerprint density at radius 2 is 1.61 bits per heavy atom. The number of hydrogen-bond acceptors (Lipinski definition) is 1. The average Bonchev–Trinajstić information content (AvgIpc) is 2.39. The molecule has 2 rings (SSSR count). The van der Waals surface area contributed by atoms with Gasteiger partial charge in [0.25, 0.3) is 0 Å². The van der Waals surface area contributed by atoms with Crippen molar-refractivity contribution in [2.45, 2.75) is 6.61 Å². The van der Waals surface area contributed by atoms with Crippen LogP contribution in [-0.2, 0) is 22.9 Å². The topological polar surface area (TPSA) is 9.23 Å². The molecule has 0 aromatic heterocycles. The summed E-state index contributed by atoms with van der Waals surface area (Å²) in [5.74, 6) is -0.552. The Labute approximate surface area is 121 Å². The molecule has 0 atom stereocenters. The van der Waals surface area contributed by atoms with Crippen LogP contribution in [0, 0.1) is 17.7 Å². The van der Waals surface area contributed by atoms with Crippen molar-refractivity contribution in [3.63, 3.8) is 0 Å². The van der Waals surface area contributed by atoms with Gasteiger partial charge in [-0.15, -0.1) is 12.1 Å². The first-order valence-corrected chi connectivity index (χ1v) is 12.0. The van der Waals surface area contributed by atoms with Crippen molar-refractivity contribution in [3.8, 4) is 5.75 Å². The monoisotopic (exact) mass is 362 g/mol. The van der Waals surface area contributed by atoms with E-state index in [1.54, 1.807) is 24.3 Å². The summed E-state index contributed by atoms with van der Waals surface area (Å²) in [7, 11) is 0. The van der Waals surface area contributed by atoms with E-state index in [2.05, 4.69) is 19.7 Å². The molecule has 0 N–H and O–H groups in total. The zero-order valence-electron chi connectivity index (χ0n) is 9.50. The van der Waals surface area contributed by atoms with Gasteiger partial charge in [0, 0.05) is 11.8 Å². The molecule has 18 heavy (non-hydrogen) atoms. The van der Waals surface area contributed by atoms with Crippen LogP contribution in [0.3, 0.4) is 0 Å². The molecule has 1 nitrogen and oxygen atoms in total. The van der Waals surface area contributed by atoms with Crippen LogP contribution in [-0.4, -0.2) is 0 Å². The van der Waals surface area contributed by atoms with E-state index >= 15 is 0 Å². The quantitative estimate of drug-likeness (QED) is 0.586. The van der Waals surface area contributed by atoms with Crippen molar-refractivity contribution in [2.75, 3.05) is 0 Å². The van der Waals surface area contributed by atoms with Gasteiger partial charge in [-0.3, -0.25) is 0 Å². The summed E-state index contributed by atoms with van der Waals surface area (Å²) < 4.78 is 31.1. The molecule has 0 unspecified atom stereocenters. The molecule has 0 radical (unpaired) electrons. The molecule has 5 heteroatoms. The third kappa shape index (κ3) is 5.24. The molecule has 2 aromatic rings. The van der Waals surface area contributed by atoms with Gasteiger partial charge in [0.2, 0.25) is 0 Å². The minimum absolute atomic E-state index is 0.138. The van der Waals surface area contributed by atoms with Crippen LogP contribution in [0.4, 0.5) is 8.78 Å². The summed E-state index contributed by atoms with van der Waals surface area (Å²) in [6.45, 7) is 0.138. The first-order valence-electron chi connectivity index (χ1n) is 5.04. The number of rotatable bonds is 3. The van der Waals surface area contributed by atoms with Crippen molar-refractivity contribution in [3.05, 3.63) is 65.7 Å². The third-order valence-corrected chi connectivity index (χ3v) is 2.02. The molecule has 0 spiro atoms. The second-order valence-corrected chi connectivity index (χ2v) is 3.30. The molecule has 0 saturated carbocycles. The fourth-order valence-corrected chi connectivity index (χ4v) is 1.33. The molecule has 0 aliphatic heterocycles. The predicted octanol–water partition coefficient (Wildman–Crippen LogP) is 4.19. The average molecular weight is 365 g/mol. The molecule has 0 amide bonds. The van der Waals surface area contributed by atoms with E-state index < -0.39 is 11.6 Å². The molecule has 0 bridgehead atoms. The van der Waals surface area contributed by atoms with E-state index in [0.717, 1.165) is 6.07 Å². The Kier molecular flexibility index (Phi) is 7.06. The van der Waals surface area contributed by atoms with Crippen LogP contribution in [0.5, 0.6) is 5.75 Å². The van der Waals surface area contributed by atoms with Crippen molar-refractivity contribution in [2.24, 2.45) is 0 Å². The fraction of sp³-hybridized carbons (Fsp3) is 0.0769. The second-order valence-electron chi connectivity index (χ2n) is 3.30.